The Kier molecular flexibility index (Phi) is 2.66. The monoisotopic (exact) mass is 202 g/mol. The molecule has 78 valence electrons. The van der Waals surface area contributed by atoms with Gasteiger partial charge in [0.2, 0.25) is 0 Å². The third-order valence-electron chi connectivity index (χ3n) is 2.52. The van der Waals surface area contributed by atoms with Crippen LogP contribution in [0.2, 0.25) is 0 Å². The largest absolute Gasteiger partial charge is 0.391 e. The van der Waals surface area contributed by atoms with Gasteiger partial charge in [0.15, 0.2) is 0 Å². The molecule has 0 aliphatic heterocycles. The molecule has 0 bridgehead atoms. The van der Waals surface area contributed by atoms with Gasteiger partial charge in [-0.05, 0) is 24.6 Å². The SMILES string of the molecule is C[C@H](O)[C@H](N)c1cnc2ccccc2c1. The highest BCUT2D eigenvalue weighted by Crippen LogP contribution is 2.18. The number of hydrogen-bond donors (Lipinski definition) is 2. The fourth-order valence-electron chi connectivity index (χ4n) is 1.55. The lowest BCUT2D eigenvalue weighted by molar-refractivity contribution is 0.164. The third-order valence-corrected chi connectivity index (χ3v) is 2.52. The molecule has 2 aromatic rings. The van der Waals surface area contributed by atoms with Crippen molar-refractivity contribution in [1.82, 2.24) is 4.98 Å². The molecule has 1 aromatic carbocycles. The van der Waals surface area contributed by atoms with E-state index < -0.39 is 6.10 Å². The Morgan fingerprint density at radius 2 is 2.07 bits per heavy atom. The van der Waals surface area contributed by atoms with Gasteiger partial charge in [0.05, 0.1) is 17.7 Å². The highest BCUT2D eigenvalue weighted by atomic mass is 16.3. The number of fused-ring (bicyclic) bond motifs is 1. The van der Waals surface area contributed by atoms with Crippen LogP contribution in [0.5, 0.6) is 0 Å². The Bertz CT molecular complexity index is 468. The van der Waals surface area contributed by atoms with E-state index in [1.807, 2.05) is 30.3 Å². The van der Waals surface area contributed by atoms with E-state index in [1.54, 1.807) is 13.1 Å². The first-order valence-electron chi connectivity index (χ1n) is 4.97. The molecule has 3 nitrogen and oxygen atoms in total. The Hall–Kier alpha value is -1.45. The van der Waals surface area contributed by atoms with Crippen molar-refractivity contribution in [3.05, 3.63) is 42.1 Å². The highest BCUT2D eigenvalue weighted by molar-refractivity contribution is 5.78. The molecule has 1 aromatic heterocycles. The maximum absolute atomic E-state index is 9.39. The maximum atomic E-state index is 9.39. The first-order chi connectivity index (χ1) is 7.18. The molecule has 2 rings (SSSR count). The topological polar surface area (TPSA) is 59.1 Å². The van der Waals surface area contributed by atoms with E-state index in [-0.39, 0.29) is 6.04 Å². The van der Waals surface area contributed by atoms with Gasteiger partial charge < -0.3 is 10.8 Å². The summed E-state index contributed by atoms with van der Waals surface area (Å²) in [5.41, 5.74) is 7.65. The van der Waals surface area contributed by atoms with Gasteiger partial charge in [-0.2, -0.15) is 0 Å². The number of hydrogen-bond acceptors (Lipinski definition) is 3. The average molecular weight is 202 g/mol. The van der Waals surface area contributed by atoms with E-state index in [9.17, 15) is 5.11 Å². The van der Waals surface area contributed by atoms with Gasteiger partial charge in [0.25, 0.3) is 0 Å². The van der Waals surface area contributed by atoms with Crippen molar-refractivity contribution in [2.45, 2.75) is 19.1 Å². The number of para-hydroxylation sites is 1. The molecule has 0 saturated carbocycles. The predicted molar refractivity (Wildman–Crippen MR) is 60.4 cm³/mol. The van der Waals surface area contributed by atoms with E-state index in [0.717, 1.165) is 16.5 Å². The van der Waals surface area contributed by atoms with Crippen LogP contribution in [-0.4, -0.2) is 16.2 Å². The van der Waals surface area contributed by atoms with Crippen molar-refractivity contribution < 1.29 is 5.11 Å². The van der Waals surface area contributed by atoms with Crippen LogP contribution in [-0.2, 0) is 0 Å². The quantitative estimate of drug-likeness (QED) is 0.778. The summed E-state index contributed by atoms with van der Waals surface area (Å²) in [7, 11) is 0. The van der Waals surface area contributed by atoms with Crippen LogP contribution >= 0.6 is 0 Å². The molecule has 0 unspecified atom stereocenters. The fourth-order valence-corrected chi connectivity index (χ4v) is 1.55. The normalized spacial score (nSPS) is 15.1. The minimum atomic E-state index is -0.562. The maximum Gasteiger partial charge on any atom is 0.0705 e. The van der Waals surface area contributed by atoms with Gasteiger partial charge in [-0.1, -0.05) is 18.2 Å². The van der Waals surface area contributed by atoms with Crippen molar-refractivity contribution >= 4 is 10.9 Å². The number of nitrogens with two attached hydrogens (primary N) is 1. The fraction of sp³-hybridized carbons (Fsp3) is 0.250. The second-order valence-corrected chi connectivity index (χ2v) is 3.73. The molecule has 0 radical (unpaired) electrons. The van der Waals surface area contributed by atoms with Crippen molar-refractivity contribution in [2.75, 3.05) is 0 Å². The van der Waals surface area contributed by atoms with Crippen LogP contribution in [0, 0.1) is 0 Å². The number of aliphatic hydroxyl groups is 1. The van der Waals surface area contributed by atoms with E-state index in [1.165, 1.54) is 0 Å². The average Bonchev–Trinajstić information content (AvgIpc) is 2.27. The molecule has 0 amide bonds. The minimum absolute atomic E-state index is 0.373. The molecular weight excluding hydrogens is 188 g/mol. The summed E-state index contributed by atoms with van der Waals surface area (Å²) in [5.74, 6) is 0. The second kappa shape index (κ2) is 3.96. The zero-order chi connectivity index (χ0) is 10.8. The summed E-state index contributed by atoms with van der Waals surface area (Å²) >= 11 is 0. The van der Waals surface area contributed by atoms with Crippen LogP contribution in [0.25, 0.3) is 10.9 Å². The molecule has 3 N–H and O–H groups in total. The van der Waals surface area contributed by atoms with E-state index >= 15 is 0 Å². The number of rotatable bonds is 2. The lowest BCUT2D eigenvalue weighted by atomic mass is 10.0. The Balaban J connectivity index is 2.47. The summed E-state index contributed by atoms with van der Waals surface area (Å²) in [4.78, 5) is 4.29. The molecule has 0 saturated heterocycles. The molecular formula is C12H14N2O. The van der Waals surface area contributed by atoms with Crippen LogP contribution in [0.1, 0.15) is 18.5 Å². The third kappa shape index (κ3) is 1.98. The van der Waals surface area contributed by atoms with Crippen molar-refractivity contribution in [3.63, 3.8) is 0 Å². The van der Waals surface area contributed by atoms with E-state index in [2.05, 4.69) is 4.98 Å². The summed E-state index contributed by atoms with van der Waals surface area (Å²) in [6, 6.07) is 9.45. The summed E-state index contributed by atoms with van der Waals surface area (Å²) < 4.78 is 0. The van der Waals surface area contributed by atoms with Gasteiger partial charge in [-0.3, -0.25) is 4.98 Å². The van der Waals surface area contributed by atoms with Gasteiger partial charge in [-0.15, -0.1) is 0 Å². The van der Waals surface area contributed by atoms with Gasteiger partial charge in [0.1, 0.15) is 0 Å². The first-order valence-corrected chi connectivity index (χ1v) is 4.97. The summed E-state index contributed by atoms with van der Waals surface area (Å²) in [6.07, 6.45) is 1.16. The Morgan fingerprint density at radius 3 is 2.80 bits per heavy atom. The van der Waals surface area contributed by atoms with Gasteiger partial charge >= 0.3 is 0 Å². The molecule has 1 heterocycles. The molecule has 0 spiro atoms. The number of nitrogens with zero attached hydrogens (tertiary/aromatic N) is 1. The van der Waals surface area contributed by atoms with E-state index in [0.29, 0.717) is 0 Å². The second-order valence-electron chi connectivity index (χ2n) is 3.73. The molecule has 0 aliphatic rings. The van der Waals surface area contributed by atoms with Crippen LogP contribution in [0.3, 0.4) is 0 Å². The first kappa shape index (κ1) is 10.1. The predicted octanol–water partition coefficient (Wildman–Crippen LogP) is 1.62. The Morgan fingerprint density at radius 1 is 1.33 bits per heavy atom. The highest BCUT2D eigenvalue weighted by Gasteiger charge is 2.12. The molecule has 2 atom stereocenters. The zero-order valence-corrected chi connectivity index (χ0v) is 8.59. The van der Waals surface area contributed by atoms with E-state index in [4.69, 9.17) is 5.73 Å². The number of benzene rings is 1. The molecule has 0 fully saturated rings. The standard InChI is InChI=1S/C12H14N2O/c1-8(15)12(13)10-6-9-4-2-3-5-11(9)14-7-10/h2-8,12,15H,13H2,1H3/t8-,12-/m0/s1. The molecule has 0 aliphatic carbocycles. The molecule has 3 heteroatoms. The number of aromatic nitrogens is 1. The van der Waals surface area contributed by atoms with Crippen LogP contribution in [0.15, 0.2) is 36.5 Å². The number of pyridine rings is 1. The Labute approximate surface area is 88.6 Å². The minimum Gasteiger partial charge on any atom is -0.391 e. The van der Waals surface area contributed by atoms with Crippen LogP contribution in [0.4, 0.5) is 0 Å². The lowest BCUT2D eigenvalue weighted by Gasteiger charge is -2.14. The lowest BCUT2D eigenvalue weighted by Crippen LogP contribution is -2.23. The smallest absolute Gasteiger partial charge is 0.0705 e. The number of aliphatic hydroxyl groups excluding tert-OH is 1. The van der Waals surface area contributed by atoms with Crippen molar-refractivity contribution in [2.24, 2.45) is 5.73 Å². The zero-order valence-electron chi connectivity index (χ0n) is 8.59. The summed E-state index contributed by atoms with van der Waals surface area (Å²) in [5, 5.41) is 10.4. The summed E-state index contributed by atoms with van der Waals surface area (Å²) in [6.45, 7) is 1.68. The van der Waals surface area contributed by atoms with Gasteiger partial charge in [-0.25, -0.2) is 0 Å². The molecule has 15 heavy (non-hydrogen) atoms. The van der Waals surface area contributed by atoms with Crippen molar-refractivity contribution in [1.29, 1.82) is 0 Å². The van der Waals surface area contributed by atoms with Gasteiger partial charge in [0, 0.05) is 11.6 Å². The van der Waals surface area contributed by atoms with Crippen molar-refractivity contribution in [3.8, 4) is 0 Å². The van der Waals surface area contributed by atoms with Crippen LogP contribution < -0.4 is 5.73 Å².